The average Bonchev–Trinajstić information content (AvgIpc) is 3.21. The van der Waals surface area contributed by atoms with Crippen LogP contribution in [0.4, 0.5) is 5.69 Å². The van der Waals surface area contributed by atoms with Crippen molar-refractivity contribution in [2.45, 2.75) is 32.0 Å². The number of hydrogen-bond donors (Lipinski definition) is 1. The van der Waals surface area contributed by atoms with Crippen molar-refractivity contribution in [2.24, 2.45) is 0 Å². The average molecular weight is 286 g/mol. The lowest BCUT2D eigenvalue weighted by Crippen LogP contribution is -2.14. The minimum atomic E-state index is 0.459. The summed E-state index contributed by atoms with van der Waals surface area (Å²) in [6.07, 6.45) is 2.58. The van der Waals surface area contributed by atoms with Gasteiger partial charge in [0.1, 0.15) is 23.9 Å². The lowest BCUT2D eigenvalue weighted by Gasteiger charge is -2.13. The third kappa shape index (κ3) is 4.02. The first-order chi connectivity index (χ1) is 10.2. The van der Waals surface area contributed by atoms with Crippen molar-refractivity contribution < 1.29 is 9.15 Å². The van der Waals surface area contributed by atoms with E-state index in [9.17, 15) is 0 Å². The number of anilines is 1. The van der Waals surface area contributed by atoms with Gasteiger partial charge in [-0.05, 0) is 37.1 Å². The van der Waals surface area contributed by atoms with Crippen molar-refractivity contribution in [3.63, 3.8) is 0 Å². The largest absolute Gasteiger partial charge is 0.486 e. The van der Waals surface area contributed by atoms with Crippen LogP contribution in [0.2, 0.25) is 0 Å². The van der Waals surface area contributed by atoms with Gasteiger partial charge in [-0.3, -0.25) is 0 Å². The smallest absolute Gasteiger partial charge is 0.146 e. The molecule has 0 amide bonds. The van der Waals surface area contributed by atoms with E-state index in [1.807, 2.05) is 44.4 Å². The third-order valence-corrected chi connectivity index (χ3v) is 3.57. The van der Waals surface area contributed by atoms with Crippen molar-refractivity contribution in [1.29, 1.82) is 0 Å². The molecule has 1 aliphatic rings. The Hall–Kier alpha value is -1.94. The Morgan fingerprint density at radius 2 is 2.00 bits per heavy atom. The summed E-state index contributed by atoms with van der Waals surface area (Å²) in [5, 5.41) is 3.44. The van der Waals surface area contributed by atoms with Crippen molar-refractivity contribution in [3.05, 3.63) is 47.9 Å². The van der Waals surface area contributed by atoms with Gasteiger partial charge >= 0.3 is 0 Å². The molecule has 1 aromatic carbocycles. The standard InChI is InChI=1S/C17H22N2O2/c1-19(2)14-4-3-5-15(10-14)20-12-17-9-8-16(21-17)11-18-13-6-7-13/h3-5,8-10,13,18H,6-7,11-12H2,1-2H3. The Balaban J connectivity index is 1.53. The number of hydrogen-bond acceptors (Lipinski definition) is 4. The van der Waals surface area contributed by atoms with Gasteiger partial charge in [-0.25, -0.2) is 0 Å². The number of rotatable bonds is 7. The molecule has 1 aliphatic carbocycles. The van der Waals surface area contributed by atoms with E-state index in [2.05, 4.69) is 16.3 Å². The summed E-state index contributed by atoms with van der Waals surface area (Å²) < 4.78 is 11.6. The van der Waals surface area contributed by atoms with Crippen molar-refractivity contribution >= 4 is 5.69 Å². The first kappa shape index (κ1) is 14.0. The van der Waals surface area contributed by atoms with E-state index < -0.39 is 0 Å². The summed E-state index contributed by atoms with van der Waals surface area (Å²) in [4.78, 5) is 2.06. The Labute approximate surface area is 125 Å². The molecule has 1 heterocycles. The molecule has 2 aromatic rings. The molecule has 1 aromatic heterocycles. The molecule has 0 bridgehead atoms. The number of furan rings is 1. The molecule has 0 aliphatic heterocycles. The first-order valence-corrected chi connectivity index (χ1v) is 7.42. The normalized spacial score (nSPS) is 14.2. The van der Waals surface area contributed by atoms with Gasteiger partial charge in [-0.2, -0.15) is 0 Å². The minimum absolute atomic E-state index is 0.459. The lowest BCUT2D eigenvalue weighted by molar-refractivity contribution is 0.265. The van der Waals surface area contributed by atoms with Crippen LogP contribution in [0.25, 0.3) is 0 Å². The third-order valence-electron chi connectivity index (χ3n) is 3.57. The van der Waals surface area contributed by atoms with Crippen LogP contribution in [0.3, 0.4) is 0 Å². The summed E-state index contributed by atoms with van der Waals surface area (Å²) in [6, 6.07) is 12.7. The van der Waals surface area contributed by atoms with E-state index in [4.69, 9.17) is 9.15 Å². The van der Waals surface area contributed by atoms with Crippen molar-refractivity contribution in [1.82, 2.24) is 5.32 Å². The number of nitrogens with zero attached hydrogens (tertiary/aromatic N) is 1. The minimum Gasteiger partial charge on any atom is -0.486 e. The second-order valence-corrected chi connectivity index (χ2v) is 5.70. The van der Waals surface area contributed by atoms with Gasteiger partial charge in [0, 0.05) is 31.9 Å². The monoisotopic (exact) mass is 286 g/mol. The van der Waals surface area contributed by atoms with Gasteiger partial charge in [0.05, 0.1) is 6.54 Å². The summed E-state index contributed by atoms with van der Waals surface area (Å²) >= 11 is 0. The maximum absolute atomic E-state index is 5.79. The van der Waals surface area contributed by atoms with Gasteiger partial charge in [-0.1, -0.05) is 6.07 Å². The van der Waals surface area contributed by atoms with E-state index >= 15 is 0 Å². The Morgan fingerprint density at radius 3 is 2.76 bits per heavy atom. The van der Waals surface area contributed by atoms with Gasteiger partial charge in [0.2, 0.25) is 0 Å². The van der Waals surface area contributed by atoms with Gasteiger partial charge in [-0.15, -0.1) is 0 Å². The molecule has 0 atom stereocenters. The molecule has 1 saturated carbocycles. The van der Waals surface area contributed by atoms with Gasteiger partial charge < -0.3 is 19.4 Å². The molecule has 0 spiro atoms. The maximum Gasteiger partial charge on any atom is 0.146 e. The first-order valence-electron chi connectivity index (χ1n) is 7.42. The summed E-state index contributed by atoms with van der Waals surface area (Å²) in [7, 11) is 4.04. The molecule has 0 radical (unpaired) electrons. The van der Waals surface area contributed by atoms with Crippen LogP contribution in [-0.2, 0) is 13.2 Å². The lowest BCUT2D eigenvalue weighted by atomic mass is 10.3. The fraction of sp³-hybridized carbons (Fsp3) is 0.412. The highest BCUT2D eigenvalue weighted by Crippen LogP contribution is 2.22. The Bertz CT molecular complexity index is 588. The molecule has 0 saturated heterocycles. The molecule has 21 heavy (non-hydrogen) atoms. The van der Waals surface area contributed by atoms with Crippen molar-refractivity contribution in [2.75, 3.05) is 19.0 Å². The van der Waals surface area contributed by atoms with Crippen LogP contribution in [-0.4, -0.2) is 20.1 Å². The highest BCUT2D eigenvalue weighted by molar-refractivity contribution is 5.49. The summed E-state index contributed by atoms with van der Waals surface area (Å²) in [5.41, 5.74) is 1.13. The van der Waals surface area contributed by atoms with Crippen LogP contribution in [0.5, 0.6) is 5.75 Å². The Kier molecular flexibility index (Phi) is 4.15. The number of nitrogens with one attached hydrogen (secondary N) is 1. The molecule has 112 valence electrons. The van der Waals surface area contributed by atoms with E-state index in [0.717, 1.165) is 29.5 Å². The fourth-order valence-electron chi connectivity index (χ4n) is 2.13. The van der Waals surface area contributed by atoms with Crippen LogP contribution < -0.4 is 15.0 Å². The van der Waals surface area contributed by atoms with E-state index in [-0.39, 0.29) is 0 Å². The summed E-state index contributed by atoms with van der Waals surface area (Å²) in [5.74, 6) is 2.69. The van der Waals surface area contributed by atoms with E-state index in [0.29, 0.717) is 12.6 Å². The van der Waals surface area contributed by atoms with Crippen LogP contribution in [0.1, 0.15) is 24.4 Å². The highest BCUT2D eigenvalue weighted by Gasteiger charge is 2.20. The molecule has 4 nitrogen and oxygen atoms in total. The zero-order valence-corrected chi connectivity index (χ0v) is 12.6. The maximum atomic E-state index is 5.79. The number of benzene rings is 1. The van der Waals surface area contributed by atoms with E-state index in [1.165, 1.54) is 12.8 Å². The molecular formula is C17H22N2O2. The predicted molar refractivity (Wildman–Crippen MR) is 83.7 cm³/mol. The van der Waals surface area contributed by atoms with Gasteiger partial charge in [0.25, 0.3) is 0 Å². The fourth-order valence-corrected chi connectivity index (χ4v) is 2.13. The molecular weight excluding hydrogens is 264 g/mol. The topological polar surface area (TPSA) is 37.6 Å². The van der Waals surface area contributed by atoms with Crippen LogP contribution in [0, 0.1) is 0 Å². The molecule has 1 fully saturated rings. The Morgan fingerprint density at radius 1 is 1.19 bits per heavy atom. The SMILES string of the molecule is CN(C)c1cccc(OCc2ccc(CNC3CC3)o2)c1. The van der Waals surface area contributed by atoms with E-state index in [1.54, 1.807) is 0 Å². The zero-order valence-electron chi connectivity index (χ0n) is 12.6. The predicted octanol–water partition coefficient (Wildman–Crippen LogP) is 3.18. The van der Waals surface area contributed by atoms with Crippen LogP contribution >= 0.6 is 0 Å². The zero-order chi connectivity index (χ0) is 14.7. The molecule has 4 heteroatoms. The van der Waals surface area contributed by atoms with Gasteiger partial charge in [0.15, 0.2) is 0 Å². The second-order valence-electron chi connectivity index (χ2n) is 5.70. The quantitative estimate of drug-likeness (QED) is 0.848. The summed E-state index contributed by atoms with van der Waals surface area (Å²) in [6.45, 7) is 1.26. The molecule has 1 N–H and O–H groups in total. The molecule has 0 unspecified atom stereocenters. The molecule has 3 rings (SSSR count). The highest BCUT2D eigenvalue weighted by atomic mass is 16.5. The second kappa shape index (κ2) is 6.22. The number of ether oxygens (including phenoxy) is 1. The van der Waals surface area contributed by atoms with Crippen LogP contribution in [0.15, 0.2) is 40.8 Å². The van der Waals surface area contributed by atoms with Crippen molar-refractivity contribution in [3.8, 4) is 5.75 Å².